The van der Waals surface area contributed by atoms with Gasteiger partial charge in [-0.05, 0) is 141 Å². The molecule has 1 amide bonds. The average molecular weight is 1010 g/mol. The van der Waals surface area contributed by atoms with E-state index in [0.717, 1.165) is 67.5 Å². The van der Waals surface area contributed by atoms with Crippen LogP contribution in [-0.2, 0) is 35.8 Å². The molecule has 0 radical (unpaired) electrons. The zero-order valence-electron chi connectivity index (χ0n) is 39.9. The van der Waals surface area contributed by atoms with E-state index in [-0.39, 0.29) is 36.4 Å². The van der Waals surface area contributed by atoms with Crippen LogP contribution >= 0.6 is 11.8 Å². The molecule has 2 fully saturated rings. The number of benzene rings is 5. The lowest BCUT2D eigenvalue weighted by molar-refractivity contribution is -0.135. The zero-order chi connectivity index (χ0) is 50.9. The zero-order valence-corrected chi connectivity index (χ0v) is 40.7. The van der Waals surface area contributed by atoms with Crippen molar-refractivity contribution in [2.24, 2.45) is 23.7 Å². The Morgan fingerprint density at radius 2 is 1.11 bits per heavy atom. The van der Waals surface area contributed by atoms with Gasteiger partial charge < -0.3 is 19.5 Å². The van der Waals surface area contributed by atoms with Crippen LogP contribution < -0.4 is 24.4 Å². The lowest BCUT2D eigenvalue weighted by Crippen LogP contribution is -2.23. The van der Waals surface area contributed by atoms with Crippen molar-refractivity contribution in [3.05, 3.63) is 137 Å². The summed E-state index contributed by atoms with van der Waals surface area (Å²) in [6.45, 7) is 11.8. The number of hydrogen-bond acceptors (Lipinski definition) is 8. The molecular weight excluding hydrogens is 950 g/mol. The van der Waals surface area contributed by atoms with Gasteiger partial charge in [-0.15, -0.1) is 0 Å². The minimum Gasteiger partial charge on any atom is -0.457 e. The summed E-state index contributed by atoms with van der Waals surface area (Å²) < 4.78 is 101. The standard InChI is InChI=1S/C23H26FN3O2.C18H19ClFN3O.C12H10F4O2/c1-15(2)14-27-21-7-6-20(11-17(21)13-26-27)29-22-8-5-19(24)10-18(22)12-25-23(28)9-16-3-4-16;1-12(2)11-23-17-5-4-16(8-13(17)10-22-23)24-18-6-3-15(20)7-14(18)9-21-19;1-5-8(13)10(15)12(11(16)9(5)14)18-7(17)4-6-2-3-6/h5-8,10-11,13,15-16H,3-4,9,12,14H2,1-2H3,(H,25,28);3-8,10,12,21H,9,11H2,1-2H3;6H,2-4H2,1H3. The van der Waals surface area contributed by atoms with Crippen LogP contribution in [0.5, 0.6) is 28.7 Å². The first kappa shape index (κ1) is 52.2. The highest BCUT2D eigenvalue weighted by Crippen LogP contribution is 2.36. The summed E-state index contributed by atoms with van der Waals surface area (Å²) in [6.07, 6.45) is 8.13. The third kappa shape index (κ3) is 14.3. The van der Waals surface area contributed by atoms with Gasteiger partial charge >= 0.3 is 5.97 Å². The van der Waals surface area contributed by atoms with Crippen molar-refractivity contribution in [2.75, 3.05) is 0 Å². The molecule has 2 heterocycles. The minimum atomic E-state index is -1.68. The second kappa shape index (κ2) is 23.5. The fourth-order valence-corrected chi connectivity index (χ4v) is 7.66. The molecule has 2 N–H and O–H groups in total. The molecule has 0 bridgehead atoms. The van der Waals surface area contributed by atoms with E-state index in [2.05, 4.69) is 52.8 Å². The molecule has 0 atom stereocenters. The van der Waals surface area contributed by atoms with E-state index in [1.165, 1.54) is 24.3 Å². The highest BCUT2D eigenvalue weighted by Gasteiger charge is 2.30. The predicted molar refractivity (Wildman–Crippen MR) is 258 cm³/mol. The lowest BCUT2D eigenvalue weighted by atomic mass is 10.1. The summed E-state index contributed by atoms with van der Waals surface area (Å²) in [6, 6.07) is 20.4. The number of halogens is 7. The molecule has 2 saturated carbocycles. The molecule has 5 aromatic carbocycles. The van der Waals surface area contributed by atoms with Crippen LogP contribution in [0.15, 0.2) is 85.2 Å². The number of ether oxygens (including phenoxy) is 3. The van der Waals surface area contributed by atoms with E-state index in [9.17, 15) is 35.9 Å². The van der Waals surface area contributed by atoms with Gasteiger partial charge in [-0.1, -0.05) is 27.7 Å². The summed E-state index contributed by atoms with van der Waals surface area (Å²) >= 11 is 5.55. The quantitative estimate of drug-likeness (QED) is 0.0304. The van der Waals surface area contributed by atoms with Gasteiger partial charge in [0.1, 0.15) is 34.6 Å². The van der Waals surface area contributed by atoms with E-state index in [0.29, 0.717) is 64.8 Å². The topological polar surface area (TPSA) is 122 Å². The Kier molecular flexibility index (Phi) is 17.3. The van der Waals surface area contributed by atoms with Gasteiger partial charge in [-0.3, -0.25) is 19.0 Å². The van der Waals surface area contributed by atoms with Crippen LogP contribution in [0.2, 0.25) is 0 Å². The number of nitrogens with zero attached hydrogens (tertiary/aromatic N) is 4. The van der Waals surface area contributed by atoms with E-state index in [4.69, 9.17) is 21.3 Å². The van der Waals surface area contributed by atoms with Crippen LogP contribution in [0.1, 0.15) is 82.9 Å². The molecule has 9 rings (SSSR count). The Hall–Kier alpha value is -6.59. The van der Waals surface area contributed by atoms with Crippen molar-refractivity contribution in [1.29, 1.82) is 0 Å². The Bertz CT molecular complexity index is 2980. The van der Waals surface area contributed by atoms with E-state index in [1.54, 1.807) is 12.1 Å². The molecule has 2 aliphatic rings. The van der Waals surface area contributed by atoms with Crippen LogP contribution in [0.4, 0.5) is 26.3 Å². The van der Waals surface area contributed by atoms with Crippen LogP contribution in [0.25, 0.3) is 21.8 Å². The second-order valence-corrected chi connectivity index (χ2v) is 18.9. The molecule has 0 spiro atoms. The number of esters is 1. The first-order valence-electron chi connectivity index (χ1n) is 23.4. The maximum atomic E-state index is 13.8. The Balaban J connectivity index is 0.000000161. The van der Waals surface area contributed by atoms with Crippen molar-refractivity contribution >= 4 is 45.5 Å². The second-order valence-electron chi connectivity index (χ2n) is 18.7. The van der Waals surface area contributed by atoms with Crippen LogP contribution in [0, 0.1) is 65.5 Å². The largest absolute Gasteiger partial charge is 0.457 e. The molecule has 11 nitrogen and oxygen atoms in total. The van der Waals surface area contributed by atoms with Gasteiger partial charge in [0.25, 0.3) is 0 Å². The summed E-state index contributed by atoms with van der Waals surface area (Å²) in [5.74, 6) is -5.23. The number of aromatic nitrogens is 4. The molecule has 2 aromatic heterocycles. The first-order chi connectivity index (χ1) is 34.0. The molecule has 7 aromatic rings. The normalized spacial score (nSPS) is 13.2. The number of amides is 1. The highest BCUT2D eigenvalue weighted by atomic mass is 35.5. The molecule has 2 aliphatic carbocycles. The van der Waals surface area contributed by atoms with Gasteiger partial charge in [0.15, 0.2) is 11.6 Å². The van der Waals surface area contributed by atoms with Crippen molar-refractivity contribution in [1.82, 2.24) is 29.7 Å². The minimum absolute atomic E-state index is 0.00157. The number of hydrogen-bond donors (Lipinski definition) is 2. The lowest BCUT2D eigenvalue weighted by Gasteiger charge is -2.13. The SMILES string of the molecule is CC(C)Cn1ncc2cc(Oc3ccc(F)cc3CNC(=O)CC3CC3)ccc21.CC(C)Cn1ncc2cc(Oc3ccc(F)cc3CNCl)ccc21.Cc1c(F)c(F)c(OC(=O)CC2CC2)c(F)c1F. The van der Waals surface area contributed by atoms with Crippen molar-refractivity contribution in [2.45, 2.75) is 99.3 Å². The molecular formula is C53H55ClF6N6O5. The fourth-order valence-electron chi connectivity index (χ4n) is 7.51. The number of carbonyl (C=O) groups excluding carboxylic acids is 2. The molecule has 18 heteroatoms. The fraction of sp³-hybridized carbons (Fsp3) is 0.358. The maximum Gasteiger partial charge on any atom is 0.311 e. The summed E-state index contributed by atoms with van der Waals surface area (Å²) in [4.78, 5) is 25.8. The third-order valence-corrected chi connectivity index (χ3v) is 11.7. The smallest absolute Gasteiger partial charge is 0.311 e. The molecule has 376 valence electrons. The Morgan fingerprint density at radius 3 is 1.56 bits per heavy atom. The Labute approximate surface area is 412 Å². The van der Waals surface area contributed by atoms with Crippen LogP contribution in [0.3, 0.4) is 0 Å². The molecule has 0 saturated heterocycles. The first-order valence-corrected chi connectivity index (χ1v) is 23.8. The number of fused-ring (bicyclic) bond motifs is 2. The number of nitrogens with one attached hydrogen (secondary N) is 2. The third-order valence-electron chi connectivity index (χ3n) is 11.5. The van der Waals surface area contributed by atoms with Gasteiger partial charge in [0.2, 0.25) is 23.3 Å². The van der Waals surface area contributed by atoms with Gasteiger partial charge in [0, 0.05) is 66.5 Å². The van der Waals surface area contributed by atoms with Gasteiger partial charge in [-0.2, -0.15) is 19.0 Å². The summed E-state index contributed by atoms with van der Waals surface area (Å²) in [5.41, 5.74) is 2.60. The van der Waals surface area contributed by atoms with Gasteiger partial charge in [-0.25, -0.2) is 22.4 Å². The number of rotatable bonds is 17. The van der Waals surface area contributed by atoms with E-state index in [1.807, 2.05) is 58.2 Å². The summed E-state index contributed by atoms with van der Waals surface area (Å²) in [5, 5.41) is 13.8. The van der Waals surface area contributed by atoms with Crippen molar-refractivity contribution in [3.63, 3.8) is 0 Å². The number of carbonyl (C=O) groups is 2. The van der Waals surface area contributed by atoms with Crippen molar-refractivity contribution in [3.8, 4) is 28.7 Å². The van der Waals surface area contributed by atoms with Crippen molar-refractivity contribution < 1.29 is 50.1 Å². The molecule has 0 unspecified atom stereocenters. The average Bonchev–Trinajstić information content (AvgIpc) is 4.26. The predicted octanol–water partition coefficient (Wildman–Crippen LogP) is 13.2. The maximum absolute atomic E-state index is 13.8. The monoisotopic (exact) mass is 1000 g/mol. The highest BCUT2D eigenvalue weighted by molar-refractivity contribution is 6.13. The Morgan fingerprint density at radius 1 is 0.648 bits per heavy atom. The molecule has 0 aliphatic heterocycles. The van der Waals surface area contributed by atoms with Gasteiger partial charge in [0.05, 0.1) is 23.4 Å². The van der Waals surface area contributed by atoms with Crippen LogP contribution in [-0.4, -0.2) is 31.4 Å². The molecule has 71 heavy (non-hydrogen) atoms. The summed E-state index contributed by atoms with van der Waals surface area (Å²) in [7, 11) is 0. The van der Waals surface area contributed by atoms with E-state index < -0.39 is 40.6 Å². The van der Waals surface area contributed by atoms with E-state index >= 15 is 0 Å².